The van der Waals surface area contributed by atoms with E-state index >= 15 is 0 Å². The maximum Gasteiger partial charge on any atom is 0.416 e. The second kappa shape index (κ2) is 5.83. The number of rotatable bonds is 3. The summed E-state index contributed by atoms with van der Waals surface area (Å²) in [5, 5.41) is 12.0. The second-order valence-corrected chi connectivity index (χ2v) is 5.08. The summed E-state index contributed by atoms with van der Waals surface area (Å²) in [6, 6.07) is 5.19. The molecule has 1 aromatic carbocycles. The molecular formula is C14H16F3NO2. The lowest BCUT2D eigenvalue weighted by Crippen LogP contribution is -2.36. The lowest BCUT2D eigenvalue weighted by molar-refractivity contribution is -0.139. The molecule has 0 radical (unpaired) electrons. The van der Waals surface area contributed by atoms with Crippen LogP contribution in [0.25, 0.3) is 0 Å². The van der Waals surface area contributed by atoms with Crippen LogP contribution in [0.3, 0.4) is 0 Å². The molecule has 0 spiro atoms. The number of carbonyl (C=O) groups is 1. The quantitative estimate of drug-likeness (QED) is 0.898. The minimum absolute atomic E-state index is 0.0113. The first-order valence-electron chi connectivity index (χ1n) is 6.47. The number of nitrogens with one attached hydrogen (secondary N) is 1. The monoisotopic (exact) mass is 287 g/mol. The summed E-state index contributed by atoms with van der Waals surface area (Å²) in [6.45, 7) is 1.21. The lowest BCUT2D eigenvalue weighted by Gasteiger charge is -2.32. The molecule has 1 aliphatic rings. The van der Waals surface area contributed by atoms with Gasteiger partial charge in [0.25, 0.3) is 0 Å². The number of hydrogen-bond donors (Lipinski definition) is 2. The fraction of sp³-hybridized carbons (Fsp3) is 0.500. The molecule has 1 aromatic rings. The van der Waals surface area contributed by atoms with Gasteiger partial charge in [-0.25, -0.2) is 0 Å². The predicted octanol–water partition coefficient (Wildman–Crippen LogP) is 2.87. The zero-order valence-corrected chi connectivity index (χ0v) is 10.8. The van der Waals surface area contributed by atoms with E-state index in [4.69, 9.17) is 5.11 Å². The highest BCUT2D eigenvalue weighted by Crippen LogP contribution is 2.35. The van der Waals surface area contributed by atoms with Crippen molar-refractivity contribution in [3.05, 3.63) is 35.4 Å². The van der Waals surface area contributed by atoms with Crippen LogP contribution in [0.5, 0.6) is 0 Å². The van der Waals surface area contributed by atoms with E-state index in [9.17, 15) is 18.0 Å². The van der Waals surface area contributed by atoms with Crippen LogP contribution >= 0.6 is 0 Å². The Hall–Kier alpha value is -1.56. The normalized spacial score (nSPS) is 23.6. The van der Waals surface area contributed by atoms with E-state index in [1.807, 2.05) is 0 Å². The van der Waals surface area contributed by atoms with Gasteiger partial charge in [-0.2, -0.15) is 13.2 Å². The molecule has 3 nitrogen and oxygen atoms in total. The van der Waals surface area contributed by atoms with Crippen LogP contribution in [-0.2, 0) is 11.0 Å². The smallest absolute Gasteiger partial charge is 0.416 e. The van der Waals surface area contributed by atoms with Crippen molar-refractivity contribution in [1.29, 1.82) is 0 Å². The molecular weight excluding hydrogens is 271 g/mol. The van der Waals surface area contributed by atoms with Gasteiger partial charge in [-0.15, -0.1) is 0 Å². The van der Waals surface area contributed by atoms with Crippen molar-refractivity contribution in [2.45, 2.75) is 24.9 Å². The molecule has 0 aromatic heterocycles. The van der Waals surface area contributed by atoms with Crippen molar-refractivity contribution in [3.63, 3.8) is 0 Å². The Morgan fingerprint density at radius 3 is 2.80 bits per heavy atom. The Labute approximate surface area is 114 Å². The van der Waals surface area contributed by atoms with E-state index < -0.39 is 17.7 Å². The van der Waals surface area contributed by atoms with Crippen LogP contribution in [0.1, 0.15) is 29.9 Å². The van der Waals surface area contributed by atoms with Crippen LogP contribution in [0.2, 0.25) is 0 Å². The molecule has 0 bridgehead atoms. The van der Waals surface area contributed by atoms with Gasteiger partial charge >= 0.3 is 12.1 Å². The van der Waals surface area contributed by atoms with Crippen LogP contribution in [0, 0.1) is 5.92 Å². The Bertz CT molecular complexity index is 488. The third kappa shape index (κ3) is 3.50. The Morgan fingerprint density at radius 2 is 2.15 bits per heavy atom. The van der Waals surface area contributed by atoms with Gasteiger partial charge in [0.2, 0.25) is 0 Å². The van der Waals surface area contributed by atoms with E-state index in [0.717, 1.165) is 12.1 Å². The molecule has 1 heterocycles. The molecule has 1 aliphatic heterocycles. The molecule has 2 atom stereocenters. The number of carboxylic acids is 1. The predicted molar refractivity (Wildman–Crippen MR) is 67.4 cm³/mol. The van der Waals surface area contributed by atoms with Crippen molar-refractivity contribution in [1.82, 2.24) is 5.32 Å². The van der Waals surface area contributed by atoms with E-state index in [1.165, 1.54) is 6.07 Å². The topological polar surface area (TPSA) is 49.3 Å². The fourth-order valence-electron chi connectivity index (χ4n) is 2.72. The summed E-state index contributed by atoms with van der Waals surface area (Å²) >= 11 is 0. The number of piperidine rings is 1. The van der Waals surface area contributed by atoms with Crippen molar-refractivity contribution >= 4 is 5.97 Å². The van der Waals surface area contributed by atoms with Crippen LogP contribution in [0.15, 0.2) is 24.3 Å². The number of halogens is 3. The van der Waals surface area contributed by atoms with Gasteiger partial charge in [0.1, 0.15) is 0 Å². The Kier molecular flexibility index (Phi) is 4.32. The van der Waals surface area contributed by atoms with E-state index in [2.05, 4.69) is 5.32 Å². The maximum absolute atomic E-state index is 12.7. The molecule has 0 saturated carbocycles. The molecule has 0 aliphatic carbocycles. The number of alkyl halides is 3. The lowest BCUT2D eigenvalue weighted by atomic mass is 9.79. The van der Waals surface area contributed by atoms with E-state index in [0.29, 0.717) is 25.1 Å². The maximum atomic E-state index is 12.7. The minimum Gasteiger partial charge on any atom is -0.481 e. The molecule has 1 saturated heterocycles. The molecule has 2 unspecified atom stereocenters. The third-order valence-corrected chi connectivity index (χ3v) is 3.70. The number of benzene rings is 1. The van der Waals surface area contributed by atoms with Crippen molar-refractivity contribution in [3.8, 4) is 0 Å². The zero-order chi connectivity index (χ0) is 14.8. The van der Waals surface area contributed by atoms with Gasteiger partial charge in [-0.1, -0.05) is 18.2 Å². The van der Waals surface area contributed by atoms with Gasteiger partial charge < -0.3 is 10.4 Å². The van der Waals surface area contributed by atoms with Gasteiger partial charge in [-0.3, -0.25) is 4.79 Å². The van der Waals surface area contributed by atoms with Crippen molar-refractivity contribution in [2.75, 3.05) is 13.1 Å². The first-order chi connectivity index (χ1) is 9.38. The minimum atomic E-state index is -4.37. The largest absolute Gasteiger partial charge is 0.481 e. The first kappa shape index (κ1) is 14.8. The Balaban J connectivity index is 2.26. The van der Waals surface area contributed by atoms with Gasteiger partial charge in [0, 0.05) is 13.0 Å². The zero-order valence-electron chi connectivity index (χ0n) is 10.8. The molecule has 2 N–H and O–H groups in total. The molecule has 6 heteroatoms. The fourth-order valence-corrected chi connectivity index (χ4v) is 2.72. The van der Waals surface area contributed by atoms with E-state index in [-0.39, 0.29) is 18.3 Å². The molecule has 110 valence electrons. The molecule has 0 amide bonds. The summed E-state index contributed by atoms with van der Waals surface area (Å²) in [5.41, 5.74) is -0.132. The van der Waals surface area contributed by atoms with Crippen molar-refractivity contribution in [2.24, 2.45) is 5.92 Å². The van der Waals surface area contributed by atoms with Crippen molar-refractivity contribution < 1.29 is 23.1 Å². The summed E-state index contributed by atoms with van der Waals surface area (Å²) in [5.74, 6) is -1.23. The summed E-state index contributed by atoms with van der Waals surface area (Å²) in [4.78, 5) is 10.9. The number of hydrogen-bond acceptors (Lipinski definition) is 2. The number of aliphatic carboxylic acids is 1. The van der Waals surface area contributed by atoms with Gasteiger partial charge in [-0.05, 0) is 36.4 Å². The highest BCUT2D eigenvalue weighted by atomic mass is 19.4. The van der Waals surface area contributed by atoms with E-state index in [1.54, 1.807) is 6.07 Å². The third-order valence-electron chi connectivity index (χ3n) is 3.70. The number of carboxylic acid groups (broad SMARTS) is 1. The van der Waals surface area contributed by atoms with Crippen LogP contribution in [-0.4, -0.2) is 24.2 Å². The summed E-state index contributed by atoms with van der Waals surface area (Å²) < 4.78 is 38.2. The average molecular weight is 287 g/mol. The second-order valence-electron chi connectivity index (χ2n) is 5.08. The molecule has 20 heavy (non-hydrogen) atoms. The average Bonchev–Trinajstić information content (AvgIpc) is 2.38. The van der Waals surface area contributed by atoms with Gasteiger partial charge in [0.05, 0.1) is 5.56 Å². The summed E-state index contributed by atoms with van der Waals surface area (Å²) in [7, 11) is 0. The summed E-state index contributed by atoms with van der Waals surface area (Å²) in [6.07, 6.45) is -3.73. The molecule has 1 fully saturated rings. The highest BCUT2D eigenvalue weighted by molar-refractivity contribution is 5.67. The Morgan fingerprint density at radius 1 is 1.40 bits per heavy atom. The molecule has 2 rings (SSSR count). The SMILES string of the molecule is O=C(O)CC1CCNCC1c1cccc(C(F)(F)F)c1. The van der Waals surface area contributed by atoms with Crippen LogP contribution < -0.4 is 5.32 Å². The first-order valence-corrected chi connectivity index (χ1v) is 6.47. The highest BCUT2D eigenvalue weighted by Gasteiger charge is 2.33. The van der Waals surface area contributed by atoms with Gasteiger partial charge in [0.15, 0.2) is 0 Å². The van der Waals surface area contributed by atoms with Crippen LogP contribution in [0.4, 0.5) is 13.2 Å². The standard InChI is InChI=1S/C14H16F3NO2/c15-14(16,17)11-3-1-2-9(6-11)12-8-18-5-4-10(12)7-13(19)20/h1-3,6,10,12,18H,4-5,7-8H2,(H,19,20).